The third-order valence-electron chi connectivity index (χ3n) is 3.33. The van der Waals surface area contributed by atoms with E-state index in [0.717, 1.165) is 25.5 Å². The Bertz CT molecular complexity index is 400. The van der Waals surface area contributed by atoms with Crippen molar-refractivity contribution in [2.24, 2.45) is 0 Å². The lowest BCUT2D eigenvalue weighted by atomic mass is 10.0. The predicted molar refractivity (Wildman–Crippen MR) is 67.2 cm³/mol. The van der Waals surface area contributed by atoms with Crippen molar-refractivity contribution in [1.82, 2.24) is 5.32 Å². The van der Waals surface area contributed by atoms with Crippen molar-refractivity contribution in [1.29, 1.82) is 0 Å². The first-order chi connectivity index (χ1) is 9.07. The van der Waals surface area contributed by atoms with E-state index in [0.29, 0.717) is 12.6 Å². The Kier molecular flexibility index (Phi) is 4.69. The van der Waals surface area contributed by atoms with Gasteiger partial charge in [-0.3, -0.25) is 0 Å². The molecule has 1 aliphatic rings. The zero-order valence-electron chi connectivity index (χ0n) is 10.7. The summed E-state index contributed by atoms with van der Waals surface area (Å²) in [5.74, 6) is -0.0780. The second-order valence-corrected chi connectivity index (χ2v) is 4.78. The van der Waals surface area contributed by atoms with Gasteiger partial charge in [-0.1, -0.05) is 18.6 Å². The highest BCUT2D eigenvalue weighted by molar-refractivity contribution is 5.35. The summed E-state index contributed by atoms with van der Waals surface area (Å²) in [6.45, 7) is 1.30. The Labute approximate surface area is 111 Å². The van der Waals surface area contributed by atoms with Gasteiger partial charge < -0.3 is 10.1 Å². The number of nitrogens with one attached hydrogen (secondary N) is 1. The van der Waals surface area contributed by atoms with E-state index in [1.165, 1.54) is 25.0 Å². The van der Waals surface area contributed by atoms with Crippen LogP contribution in [0.2, 0.25) is 0 Å². The second-order valence-electron chi connectivity index (χ2n) is 4.78. The highest BCUT2D eigenvalue weighted by atomic mass is 19.4. The van der Waals surface area contributed by atoms with E-state index in [1.807, 2.05) is 0 Å². The quantitative estimate of drug-likeness (QED) is 0.904. The number of ether oxygens (including phenoxy) is 1. The van der Waals surface area contributed by atoms with Crippen LogP contribution in [0.4, 0.5) is 13.2 Å². The van der Waals surface area contributed by atoms with E-state index < -0.39 is 11.7 Å². The van der Waals surface area contributed by atoms with Crippen LogP contribution in [0.1, 0.15) is 31.2 Å². The largest absolute Gasteiger partial charge is 0.493 e. The van der Waals surface area contributed by atoms with Crippen LogP contribution in [0.25, 0.3) is 0 Å². The first kappa shape index (κ1) is 14.2. The summed E-state index contributed by atoms with van der Waals surface area (Å²) in [6.07, 6.45) is -0.193. The van der Waals surface area contributed by atoms with Gasteiger partial charge in [0.05, 0.1) is 12.2 Å². The van der Waals surface area contributed by atoms with Gasteiger partial charge in [-0.25, -0.2) is 0 Å². The molecule has 2 nitrogen and oxygen atoms in total. The van der Waals surface area contributed by atoms with E-state index in [9.17, 15) is 13.2 Å². The molecule has 1 aliphatic heterocycles. The Morgan fingerprint density at radius 1 is 1.21 bits per heavy atom. The average molecular weight is 273 g/mol. The van der Waals surface area contributed by atoms with Crippen LogP contribution in [0, 0.1) is 0 Å². The lowest BCUT2D eigenvalue weighted by Gasteiger charge is -2.23. The van der Waals surface area contributed by atoms with Gasteiger partial charge in [-0.15, -0.1) is 0 Å². The fraction of sp³-hybridized carbons (Fsp3) is 0.571. The monoisotopic (exact) mass is 273 g/mol. The highest BCUT2D eigenvalue weighted by Crippen LogP contribution is 2.35. The van der Waals surface area contributed by atoms with E-state index in [2.05, 4.69) is 5.32 Å². The summed E-state index contributed by atoms with van der Waals surface area (Å²) in [4.78, 5) is 0. The van der Waals surface area contributed by atoms with Crippen molar-refractivity contribution in [2.75, 3.05) is 13.2 Å². The average Bonchev–Trinajstić information content (AvgIpc) is 2.39. The molecule has 0 unspecified atom stereocenters. The van der Waals surface area contributed by atoms with Crippen molar-refractivity contribution in [2.45, 2.75) is 37.9 Å². The Morgan fingerprint density at radius 3 is 2.68 bits per heavy atom. The first-order valence-corrected chi connectivity index (χ1v) is 6.60. The third kappa shape index (κ3) is 4.13. The Balaban J connectivity index is 1.88. The molecule has 0 saturated carbocycles. The summed E-state index contributed by atoms with van der Waals surface area (Å²) >= 11 is 0. The maximum absolute atomic E-state index is 12.7. The van der Waals surface area contributed by atoms with Crippen molar-refractivity contribution in [3.8, 4) is 5.75 Å². The number of hydrogen-bond acceptors (Lipinski definition) is 2. The lowest BCUT2D eigenvalue weighted by molar-refractivity contribution is -0.139. The van der Waals surface area contributed by atoms with Crippen molar-refractivity contribution in [3.05, 3.63) is 29.8 Å². The molecule has 1 fully saturated rings. The summed E-state index contributed by atoms with van der Waals surface area (Å²) < 4.78 is 43.5. The highest BCUT2D eigenvalue weighted by Gasteiger charge is 2.33. The van der Waals surface area contributed by atoms with Crippen molar-refractivity contribution < 1.29 is 17.9 Å². The maximum Gasteiger partial charge on any atom is 0.419 e. The molecule has 106 valence electrons. The van der Waals surface area contributed by atoms with Gasteiger partial charge in [0, 0.05) is 6.04 Å². The molecule has 19 heavy (non-hydrogen) atoms. The molecule has 1 aromatic carbocycles. The molecule has 1 saturated heterocycles. The molecule has 0 radical (unpaired) electrons. The first-order valence-electron chi connectivity index (χ1n) is 6.60. The fourth-order valence-corrected chi connectivity index (χ4v) is 2.31. The van der Waals surface area contributed by atoms with Gasteiger partial charge in [0.2, 0.25) is 0 Å². The number of benzene rings is 1. The summed E-state index contributed by atoms with van der Waals surface area (Å²) in [5, 5.41) is 3.35. The van der Waals surface area contributed by atoms with Gasteiger partial charge in [0.25, 0.3) is 0 Å². The molecule has 0 spiro atoms. The fourth-order valence-electron chi connectivity index (χ4n) is 2.31. The Hall–Kier alpha value is -1.23. The molecule has 1 atom stereocenters. The van der Waals surface area contributed by atoms with Crippen molar-refractivity contribution in [3.63, 3.8) is 0 Å². The lowest BCUT2D eigenvalue weighted by Crippen LogP contribution is -2.35. The second kappa shape index (κ2) is 6.28. The summed E-state index contributed by atoms with van der Waals surface area (Å²) in [5.41, 5.74) is -0.702. The molecular weight excluding hydrogens is 255 g/mol. The van der Waals surface area contributed by atoms with Crippen LogP contribution >= 0.6 is 0 Å². The molecule has 1 N–H and O–H groups in total. The van der Waals surface area contributed by atoms with E-state index in [-0.39, 0.29) is 5.75 Å². The summed E-state index contributed by atoms with van der Waals surface area (Å²) in [7, 11) is 0. The molecule has 0 bridgehead atoms. The number of hydrogen-bond donors (Lipinski definition) is 1. The van der Waals surface area contributed by atoms with E-state index in [4.69, 9.17) is 4.74 Å². The Morgan fingerprint density at radius 2 is 2.00 bits per heavy atom. The van der Waals surface area contributed by atoms with Crippen LogP contribution in [0.15, 0.2) is 24.3 Å². The normalized spacial score (nSPS) is 20.3. The number of piperidine rings is 1. The maximum atomic E-state index is 12.7. The van der Waals surface area contributed by atoms with Crippen LogP contribution < -0.4 is 10.1 Å². The van der Waals surface area contributed by atoms with Crippen molar-refractivity contribution >= 4 is 0 Å². The minimum atomic E-state index is -4.36. The van der Waals surface area contributed by atoms with E-state index >= 15 is 0 Å². The zero-order chi connectivity index (χ0) is 13.7. The molecular formula is C14H18F3NO. The van der Waals surface area contributed by atoms with Gasteiger partial charge in [0.15, 0.2) is 0 Å². The smallest absolute Gasteiger partial charge is 0.419 e. The summed E-state index contributed by atoms with van der Waals surface area (Å²) in [6, 6.07) is 5.72. The van der Waals surface area contributed by atoms with Crippen LogP contribution in [-0.2, 0) is 6.18 Å². The minimum Gasteiger partial charge on any atom is -0.493 e. The van der Waals surface area contributed by atoms with Gasteiger partial charge in [-0.2, -0.15) is 13.2 Å². The molecule has 5 heteroatoms. The van der Waals surface area contributed by atoms with Crippen LogP contribution in [-0.4, -0.2) is 19.2 Å². The number of rotatable bonds is 4. The minimum absolute atomic E-state index is 0.0780. The molecule has 0 aromatic heterocycles. The van der Waals surface area contributed by atoms with Crippen LogP contribution in [0.5, 0.6) is 5.75 Å². The topological polar surface area (TPSA) is 21.3 Å². The molecule has 0 amide bonds. The molecule has 1 heterocycles. The molecule has 2 rings (SSSR count). The van der Waals surface area contributed by atoms with Crippen LogP contribution in [0.3, 0.4) is 0 Å². The van der Waals surface area contributed by atoms with Gasteiger partial charge in [0.1, 0.15) is 5.75 Å². The zero-order valence-corrected chi connectivity index (χ0v) is 10.7. The number of alkyl halides is 3. The molecule has 1 aromatic rings. The van der Waals surface area contributed by atoms with Gasteiger partial charge >= 0.3 is 6.18 Å². The van der Waals surface area contributed by atoms with Gasteiger partial charge in [-0.05, 0) is 37.9 Å². The van der Waals surface area contributed by atoms with E-state index in [1.54, 1.807) is 6.07 Å². The number of para-hydroxylation sites is 1. The predicted octanol–water partition coefficient (Wildman–Crippen LogP) is 3.62. The third-order valence-corrected chi connectivity index (χ3v) is 3.33. The number of halogens is 3. The molecule has 0 aliphatic carbocycles. The SMILES string of the molecule is FC(F)(F)c1ccccc1OCC[C@H]1CCCCN1. The standard InChI is InChI=1S/C14H18F3NO/c15-14(16,17)12-6-1-2-7-13(12)19-10-8-11-5-3-4-9-18-11/h1-2,6-7,11,18H,3-5,8-10H2/t11-/m1/s1.